The van der Waals surface area contributed by atoms with E-state index in [-0.39, 0.29) is 6.04 Å². The van der Waals surface area contributed by atoms with E-state index in [1.54, 1.807) is 7.11 Å². The van der Waals surface area contributed by atoms with Crippen LogP contribution < -0.4 is 5.73 Å². The zero-order chi connectivity index (χ0) is 9.52. The van der Waals surface area contributed by atoms with Crippen molar-refractivity contribution in [2.24, 2.45) is 11.7 Å². The third kappa shape index (κ3) is 4.63. The molecule has 2 N–H and O–H groups in total. The fourth-order valence-corrected chi connectivity index (χ4v) is 2.22. The molecule has 1 unspecified atom stereocenters. The summed E-state index contributed by atoms with van der Waals surface area (Å²) < 4.78 is 5.02. The summed E-state index contributed by atoms with van der Waals surface area (Å²) in [5.41, 5.74) is 5.88. The van der Waals surface area contributed by atoms with Crippen molar-refractivity contribution in [2.45, 2.75) is 51.0 Å². The molecule has 0 aromatic heterocycles. The molecule has 2 heteroatoms. The summed E-state index contributed by atoms with van der Waals surface area (Å²) in [6, 6.07) is 0.256. The van der Waals surface area contributed by atoms with E-state index < -0.39 is 0 Å². The average Bonchev–Trinajstić information content (AvgIpc) is 2.17. The van der Waals surface area contributed by atoms with Gasteiger partial charge in [-0.05, 0) is 18.8 Å². The van der Waals surface area contributed by atoms with Gasteiger partial charge in [-0.15, -0.1) is 0 Å². The van der Waals surface area contributed by atoms with E-state index in [0.717, 1.165) is 12.3 Å². The van der Waals surface area contributed by atoms with Crippen LogP contribution in [0.3, 0.4) is 0 Å². The monoisotopic (exact) mass is 185 g/mol. The van der Waals surface area contributed by atoms with Gasteiger partial charge in [-0.2, -0.15) is 0 Å². The van der Waals surface area contributed by atoms with Gasteiger partial charge in [-0.25, -0.2) is 0 Å². The van der Waals surface area contributed by atoms with Gasteiger partial charge >= 0.3 is 0 Å². The first-order valence-electron chi connectivity index (χ1n) is 5.57. The highest BCUT2D eigenvalue weighted by Crippen LogP contribution is 2.27. The van der Waals surface area contributed by atoms with E-state index in [1.165, 1.54) is 38.5 Å². The first kappa shape index (κ1) is 11.0. The van der Waals surface area contributed by atoms with Gasteiger partial charge in [0.05, 0.1) is 6.61 Å². The van der Waals surface area contributed by atoms with Crippen molar-refractivity contribution in [2.75, 3.05) is 13.7 Å². The highest BCUT2D eigenvalue weighted by molar-refractivity contribution is 4.69. The molecule has 1 fully saturated rings. The Morgan fingerprint density at radius 2 is 2.00 bits per heavy atom. The normalized spacial score (nSPS) is 21.7. The second-order valence-electron chi connectivity index (χ2n) is 4.30. The highest BCUT2D eigenvalue weighted by atomic mass is 16.5. The lowest BCUT2D eigenvalue weighted by Crippen LogP contribution is -2.26. The molecule has 1 saturated carbocycles. The summed E-state index contributed by atoms with van der Waals surface area (Å²) in [7, 11) is 1.72. The maximum absolute atomic E-state index is 5.88. The van der Waals surface area contributed by atoms with Crippen molar-refractivity contribution >= 4 is 0 Å². The van der Waals surface area contributed by atoms with Gasteiger partial charge in [-0.1, -0.05) is 32.1 Å². The second kappa shape index (κ2) is 6.39. The molecule has 0 radical (unpaired) electrons. The predicted octanol–water partition coefficient (Wildman–Crippen LogP) is 2.32. The fraction of sp³-hybridized carbons (Fsp3) is 1.00. The van der Waals surface area contributed by atoms with Gasteiger partial charge in [0.25, 0.3) is 0 Å². The Morgan fingerprint density at radius 3 is 2.62 bits per heavy atom. The van der Waals surface area contributed by atoms with Crippen LogP contribution in [-0.2, 0) is 4.74 Å². The summed E-state index contributed by atoms with van der Waals surface area (Å²) >= 11 is 0. The lowest BCUT2D eigenvalue weighted by molar-refractivity contribution is 0.171. The predicted molar refractivity (Wildman–Crippen MR) is 55.7 cm³/mol. The third-order valence-corrected chi connectivity index (χ3v) is 3.05. The van der Waals surface area contributed by atoms with Gasteiger partial charge in [-0.3, -0.25) is 0 Å². The van der Waals surface area contributed by atoms with Gasteiger partial charge in [0, 0.05) is 13.2 Å². The summed E-state index contributed by atoms with van der Waals surface area (Å²) in [4.78, 5) is 0. The van der Waals surface area contributed by atoms with E-state index in [9.17, 15) is 0 Å². The molecular weight excluding hydrogens is 162 g/mol. The molecular formula is C11H23NO. The second-order valence-corrected chi connectivity index (χ2v) is 4.30. The lowest BCUT2D eigenvalue weighted by Gasteiger charge is -2.22. The van der Waals surface area contributed by atoms with Crippen LogP contribution in [0.15, 0.2) is 0 Å². The van der Waals surface area contributed by atoms with Crippen LogP contribution in [0.2, 0.25) is 0 Å². The van der Waals surface area contributed by atoms with Crippen LogP contribution in [0.25, 0.3) is 0 Å². The minimum Gasteiger partial charge on any atom is -0.383 e. The number of nitrogens with two attached hydrogens (primary N) is 1. The Kier molecular flexibility index (Phi) is 5.40. The minimum atomic E-state index is 0.256. The van der Waals surface area contributed by atoms with E-state index in [0.29, 0.717) is 6.61 Å². The van der Waals surface area contributed by atoms with Gasteiger partial charge in [0.2, 0.25) is 0 Å². The van der Waals surface area contributed by atoms with Crippen LogP contribution in [-0.4, -0.2) is 19.8 Å². The maximum atomic E-state index is 5.88. The third-order valence-electron chi connectivity index (χ3n) is 3.05. The molecule has 0 heterocycles. The molecule has 0 saturated heterocycles. The Bertz CT molecular complexity index is 121. The largest absolute Gasteiger partial charge is 0.383 e. The van der Waals surface area contributed by atoms with Gasteiger partial charge < -0.3 is 10.5 Å². The van der Waals surface area contributed by atoms with Crippen molar-refractivity contribution < 1.29 is 4.74 Å². The van der Waals surface area contributed by atoms with E-state index in [1.807, 2.05) is 0 Å². The van der Waals surface area contributed by atoms with Crippen LogP contribution in [0, 0.1) is 5.92 Å². The minimum absolute atomic E-state index is 0.256. The topological polar surface area (TPSA) is 35.2 Å². The molecule has 1 aliphatic carbocycles. The van der Waals surface area contributed by atoms with Crippen LogP contribution in [0.5, 0.6) is 0 Å². The van der Waals surface area contributed by atoms with Crippen molar-refractivity contribution in [3.8, 4) is 0 Å². The smallest absolute Gasteiger partial charge is 0.0613 e. The molecule has 0 bridgehead atoms. The Balaban J connectivity index is 2.03. The van der Waals surface area contributed by atoms with Crippen molar-refractivity contribution in [1.29, 1.82) is 0 Å². The molecule has 1 atom stereocenters. The highest BCUT2D eigenvalue weighted by Gasteiger charge is 2.14. The molecule has 0 spiro atoms. The first-order valence-corrected chi connectivity index (χ1v) is 5.57. The number of methoxy groups -OCH3 is 1. The van der Waals surface area contributed by atoms with Crippen molar-refractivity contribution in [1.82, 2.24) is 0 Å². The number of rotatable bonds is 5. The molecule has 78 valence electrons. The van der Waals surface area contributed by atoms with Crippen molar-refractivity contribution in [3.05, 3.63) is 0 Å². The molecule has 2 nitrogen and oxygen atoms in total. The summed E-state index contributed by atoms with van der Waals surface area (Å²) in [6.45, 7) is 0.715. The summed E-state index contributed by atoms with van der Waals surface area (Å²) in [6.07, 6.45) is 9.62. The summed E-state index contributed by atoms with van der Waals surface area (Å²) in [5.74, 6) is 0.955. The summed E-state index contributed by atoms with van der Waals surface area (Å²) in [5, 5.41) is 0. The standard InChI is InChI=1S/C11H23NO/c1-13-9-11(12)8-7-10-5-3-2-4-6-10/h10-11H,2-9,12H2,1H3. The Labute approximate surface area is 81.8 Å². The number of hydrogen-bond donors (Lipinski definition) is 1. The SMILES string of the molecule is COCC(N)CCC1CCCCC1. The van der Waals surface area contributed by atoms with Crippen LogP contribution in [0.1, 0.15) is 44.9 Å². The molecule has 1 rings (SSSR count). The molecule has 0 aromatic rings. The van der Waals surface area contributed by atoms with Crippen LogP contribution >= 0.6 is 0 Å². The zero-order valence-electron chi connectivity index (χ0n) is 8.80. The van der Waals surface area contributed by atoms with Gasteiger partial charge in [0.15, 0.2) is 0 Å². The molecule has 0 aromatic carbocycles. The molecule has 1 aliphatic rings. The molecule has 0 amide bonds. The lowest BCUT2D eigenvalue weighted by atomic mass is 9.85. The Hall–Kier alpha value is -0.0800. The van der Waals surface area contributed by atoms with E-state index >= 15 is 0 Å². The number of hydrogen-bond acceptors (Lipinski definition) is 2. The van der Waals surface area contributed by atoms with Crippen LogP contribution in [0.4, 0.5) is 0 Å². The zero-order valence-corrected chi connectivity index (χ0v) is 8.80. The fourth-order valence-electron chi connectivity index (χ4n) is 2.22. The van der Waals surface area contributed by atoms with Crippen molar-refractivity contribution in [3.63, 3.8) is 0 Å². The Morgan fingerprint density at radius 1 is 1.31 bits per heavy atom. The maximum Gasteiger partial charge on any atom is 0.0613 e. The number of ether oxygens (including phenoxy) is 1. The average molecular weight is 185 g/mol. The molecule has 0 aliphatic heterocycles. The quantitative estimate of drug-likeness (QED) is 0.713. The van der Waals surface area contributed by atoms with E-state index in [2.05, 4.69) is 0 Å². The van der Waals surface area contributed by atoms with E-state index in [4.69, 9.17) is 10.5 Å². The first-order chi connectivity index (χ1) is 6.33. The molecule has 13 heavy (non-hydrogen) atoms. The van der Waals surface area contributed by atoms with Gasteiger partial charge in [0.1, 0.15) is 0 Å².